The first-order valence-electron chi connectivity index (χ1n) is 12.4. The number of halogens is 2. The van der Waals surface area contributed by atoms with E-state index in [4.69, 9.17) is 9.47 Å². The van der Waals surface area contributed by atoms with Crippen LogP contribution in [0.2, 0.25) is 0 Å². The van der Waals surface area contributed by atoms with E-state index in [-0.39, 0.29) is 42.7 Å². The quantitative estimate of drug-likeness (QED) is 0.463. The molecule has 2 saturated heterocycles. The lowest BCUT2D eigenvalue weighted by Gasteiger charge is -2.55. The molecule has 9 nitrogen and oxygen atoms in total. The van der Waals surface area contributed by atoms with Crippen molar-refractivity contribution >= 4 is 22.8 Å². The Kier molecular flexibility index (Phi) is 5.81. The molecule has 1 amide bonds. The molecule has 194 valence electrons. The Morgan fingerprint density at radius 3 is 2.76 bits per heavy atom. The minimum Gasteiger partial charge on any atom is -0.480 e. The van der Waals surface area contributed by atoms with Crippen molar-refractivity contribution in [2.75, 3.05) is 18.5 Å². The lowest BCUT2D eigenvalue weighted by atomic mass is 9.68. The van der Waals surface area contributed by atoms with Crippen LogP contribution < -0.4 is 15.4 Å². The van der Waals surface area contributed by atoms with Crippen LogP contribution in [0.5, 0.6) is 5.75 Å². The number of aromatic nitrogens is 3. The molecule has 1 atom stereocenters. The van der Waals surface area contributed by atoms with E-state index in [1.807, 2.05) is 13.0 Å². The van der Waals surface area contributed by atoms with Crippen molar-refractivity contribution < 1.29 is 28.2 Å². The highest BCUT2D eigenvalue weighted by Crippen LogP contribution is 2.46. The Morgan fingerprint density at radius 1 is 1.19 bits per heavy atom. The first-order valence-corrected chi connectivity index (χ1v) is 12.4. The summed E-state index contributed by atoms with van der Waals surface area (Å²) in [6.45, 7) is 2.14. The van der Waals surface area contributed by atoms with Crippen LogP contribution >= 0.6 is 0 Å². The number of rotatable bonds is 6. The molecular formula is C26H27F2N5O4. The third-order valence-corrected chi connectivity index (χ3v) is 7.86. The molecule has 7 rings (SSSR count). The molecule has 3 aliphatic heterocycles. The average molecular weight is 512 g/mol. The zero-order valence-electron chi connectivity index (χ0n) is 20.3. The van der Waals surface area contributed by atoms with Crippen molar-refractivity contribution in [3.63, 3.8) is 0 Å². The number of amides is 1. The van der Waals surface area contributed by atoms with Gasteiger partial charge >= 0.3 is 0 Å². The van der Waals surface area contributed by atoms with Crippen molar-refractivity contribution in [3.8, 4) is 5.75 Å². The number of hydrogen-bond donors (Lipinski definition) is 3. The number of pyridine rings is 3. The van der Waals surface area contributed by atoms with Crippen LogP contribution in [0.3, 0.4) is 0 Å². The van der Waals surface area contributed by atoms with Gasteiger partial charge in [-0.15, -0.1) is 0 Å². The summed E-state index contributed by atoms with van der Waals surface area (Å²) in [5.41, 5.74) is 1.12. The summed E-state index contributed by atoms with van der Waals surface area (Å²) in [5, 5.41) is 17.2. The van der Waals surface area contributed by atoms with Gasteiger partial charge < -0.3 is 25.2 Å². The second-order valence-electron chi connectivity index (χ2n) is 10.2. The van der Waals surface area contributed by atoms with E-state index >= 15 is 0 Å². The number of carbonyl (C=O) groups excluding carboxylic acids is 1. The zero-order chi connectivity index (χ0) is 25.8. The van der Waals surface area contributed by atoms with E-state index in [1.54, 1.807) is 6.07 Å². The highest BCUT2D eigenvalue weighted by Gasteiger charge is 2.53. The highest BCUT2D eigenvalue weighted by atomic mass is 19.1. The van der Waals surface area contributed by atoms with Crippen molar-refractivity contribution in [2.24, 2.45) is 0 Å². The molecule has 1 saturated carbocycles. The summed E-state index contributed by atoms with van der Waals surface area (Å²) in [6.07, 6.45) is 2.87. The maximum absolute atomic E-state index is 14.8. The minimum absolute atomic E-state index is 0.0692. The van der Waals surface area contributed by atoms with Gasteiger partial charge in [0.25, 0.3) is 5.91 Å². The van der Waals surface area contributed by atoms with Crippen molar-refractivity contribution in [1.82, 2.24) is 20.3 Å². The number of aryl methyl sites for hydroxylation is 1. The highest BCUT2D eigenvalue weighted by molar-refractivity contribution is 5.94. The maximum atomic E-state index is 14.8. The number of aliphatic hydroxyl groups excluding tert-OH is 1. The third-order valence-electron chi connectivity index (χ3n) is 7.86. The maximum Gasteiger partial charge on any atom is 0.263 e. The molecule has 11 heteroatoms. The van der Waals surface area contributed by atoms with Crippen LogP contribution in [0.25, 0.3) is 11.0 Å². The van der Waals surface area contributed by atoms with Gasteiger partial charge in [0.2, 0.25) is 0 Å². The molecule has 2 bridgehead atoms. The molecule has 3 aromatic rings. The fraction of sp³-hybridized carbons (Fsp3) is 0.462. The molecule has 37 heavy (non-hydrogen) atoms. The third kappa shape index (κ3) is 4.30. The second kappa shape index (κ2) is 8.93. The Hall–Kier alpha value is -3.28. The van der Waals surface area contributed by atoms with Gasteiger partial charge in [-0.3, -0.25) is 14.8 Å². The number of nitrogens with zero attached hydrogens (tertiary/aromatic N) is 3. The van der Waals surface area contributed by atoms with Gasteiger partial charge in [0.15, 0.2) is 18.2 Å². The minimum atomic E-state index is -0.920. The van der Waals surface area contributed by atoms with E-state index < -0.39 is 28.9 Å². The molecule has 6 heterocycles. The first kappa shape index (κ1) is 24.1. The monoisotopic (exact) mass is 511 g/mol. The number of anilines is 1. The van der Waals surface area contributed by atoms with Crippen LogP contribution in [0.15, 0.2) is 24.4 Å². The summed E-state index contributed by atoms with van der Waals surface area (Å²) < 4.78 is 40.8. The van der Waals surface area contributed by atoms with Crippen LogP contribution in [0.4, 0.5) is 14.6 Å². The molecule has 3 N–H and O–H groups in total. The van der Waals surface area contributed by atoms with E-state index in [9.17, 15) is 18.7 Å². The number of fused-ring (bicyclic) bond motifs is 5. The Balaban J connectivity index is 1.14. The predicted molar refractivity (Wildman–Crippen MR) is 129 cm³/mol. The average Bonchev–Trinajstić information content (AvgIpc) is 2.90. The lowest BCUT2D eigenvalue weighted by Crippen LogP contribution is -2.65. The summed E-state index contributed by atoms with van der Waals surface area (Å²) in [5.74, 6) is -0.938. The Labute approximate surface area is 211 Å². The number of hydrogen-bond acceptors (Lipinski definition) is 8. The largest absolute Gasteiger partial charge is 0.480 e. The topological polar surface area (TPSA) is 118 Å². The summed E-state index contributed by atoms with van der Waals surface area (Å²) in [4.78, 5) is 24.4. The van der Waals surface area contributed by atoms with Crippen molar-refractivity contribution in [3.05, 3.63) is 53.0 Å². The summed E-state index contributed by atoms with van der Waals surface area (Å²) >= 11 is 0. The lowest BCUT2D eigenvalue weighted by molar-refractivity contribution is -0.208. The molecule has 0 radical (unpaired) electrons. The standard InChI is InChI=1S/C26H27F2N5O4/c1-14-2-3-18-23(31-14)15(17(28)10-29-18)8-21(34)26-6-4-25(5-7-26,13-37-26)30-11-19-16(27)9-20-24(32-19)33-22(35)12-36-20/h2-3,9-10,21,30,34H,4-8,11-13H2,1H3,(H,32,33,35). The van der Waals surface area contributed by atoms with Crippen molar-refractivity contribution in [2.45, 2.75) is 62.8 Å². The molecule has 0 aromatic carbocycles. The van der Waals surface area contributed by atoms with Gasteiger partial charge in [-0.1, -0.05) is 0 Å². The second-order valence-corrected chi connectivity index (χ2v) is 10.2. The summed E-state index contributed by atoms with van der Waals surface area (Å²) in [7, 11) is 0. The van der Waals surface area contributed by atoms with Gasteiger partial charge in [0, 0.05) is 35.8 Å². The van der Waals surface area contributed by atoms with Gasteiger partial charge in [-0.25, -0.2) is 13.8 Å². The Bertz CT molecular complexity index is 1370. The number of carbonyl (C=O) groups is 1. The van der Waals surface area contributed by atoms with Crippen LogP contribution in [-0.4, -0.2) is 56.4 Å². The van der Waals surface area contributed by atoms with Gasteiger partial charge in [-0.05, 0) is 44.7 Å². The fourth-order valence-electron chi connectivity index (χ4n) is 5.56. The molecule has 3 fully saturated rings. The van der Waals surface area contributed by atoms with Crippen LogP contribution in [0, 0.1) is 18.6 Å². The molecular weight excluding hydrogens is 484 g/mol. The first-order chi connectivity index (χ1) is 17.8. The van der Waals surface area contributed by atoms with E-state index in [2.05, 4.69) is 25.6 Å². The van der Waals surface area contributed by atoms with E-state index in [1.165, 1.54) is 12.3 Å². The smallest absolute Gasteiger partial charge is 0.263 e. The Morgan fingerprint density at radius 2 is 2.00 bits per heavy atom. The SMILES string of the molecule is Cc1ccc2ncc(F)c(CC(O)C34CCC(NCc5nc6c(cc5F)OCC(=O)N6)(CC3)CO4)c2n1. The van der Waals surface area contributed by atoms with E-state index in [0.717, 1.165) is 5.69 Å². The molecule has 4 aliphatic rings. The molecule has 1 unspecified atom stereocenters. The van der Waals surface area contributed by atoms with Gasteiger partial charge in [-0.2, -0.15) is 0 Å². The molecule has 0 spiro atoms. The number of aliphatic hydroxyl groups is 1. The number of nitrogens with one attached hydrogen (secondary N) is 2. The zero-order valence-corrected chi connectivity index (χ0v) is 20.3. The molecule has 3 aromatic heterocycles. The molecule has 1 aliphatic carbocycles. The van der Waals surface area contributed by atoms with E-state index in [0.29, 0.717) is 48.9 Å². The van der Waals surface area contributed by atoms with Gasteiger partial charge in [0.05, 0.1) is 41.2 Å². The van der Waals surface area contributed by atoms with Crippen LogP contribution in [-0.2, 0) is 22.5 Å². The number of ether oxygens (including phenoxy) is 2. The predicted octanol–water partition coefficient (Wildman–Crippen LogP) is 2.72. The summed E-state index contributed by atoms with van der Waals surface area (Å²) in [6, 6.07) is 4.85. The normalized spacial score (nSPS) is 25.5. The van der Waals surface area contributed by atoms with Crippen molar-refractivity contribution in [1.29, 1.82) is 0 Å². The van der Waals surface area contributed by atoms with Gasteiger partial charge in [0.1, 0.15) is 11.6 Å². The fourth-order valence-corrected chi connectivity index (χ4v) is 5.56. The van der Waals surface area contributed by atoms with Crippen LogP contribution in [0.1, 0.15) is 42.6 Å².